The molecule has 0 atom stereocenters. The van der Waals surface area contributed by atoms with Gasteiger partial charge in [-0.1, -0.05) is 0 Å². The average Bonchev–Trinajstić information content (AvgIpc) is 2.66. The van der Waals surface area contributed by atoms with Crippen LogP contribution in [0.4, 0.5) is 13.2 Å². The number of hydrogen-bond donors (Lipinski definition) is 1. The van der Waals surface area contributed by atoms with Crippen LogP contribution >= 0.6 is 0 Å². The highest BCUT2D eigenvalue weighted by Crippen LogP contribution is 2.28. The van der Waals surface area contributed by atoms with Gasteiger partial charge in [0.2, 0.25) is 0 Å². The average molecular weight is 259 g/mol. The summed E-state index contributed by atoms with van der Waals surface area (Å²) < 4.78 is 38.7. The summed E-state index contributed by atoms with van der Waals surface area (Å²) in [5.41, 5.74) is -0.624. The zero-order valence-corrected chi connectivity index (χ0v) is 8.98. The summed E-state index contributed by atoms with van der Waals surface area (Å²) in [6.07, 6.45) is -3.61. The summed E-state index contributed by atoms with van der Waals surface area (Å²) in [5, 5.41) is 12.2. The lowest BCUT2D eigenvalue weighted by Crippen LogP contribution is -2.12. The van der Waals surface area contributed by atoms with E-state index in [0.717, 1.165) is 12.3 Å². The van der Waals surface area contributed by atoms with Crippen molar-refractivity contribution in [2.45, 2.75) is 19.0 Å². The van der Waals surface area contributed by atoms with E-state index in [4.69, 9.17) is 5.11 Å². The van der Waals surface area contributed by atoms with Gasteiger partial charge in [0.1, 0.15) is 5.69 Å². The standard InChI is InChI=1S/C10H8F3N3O2/c11-10(12,13)7-3-4-14-8-5-6(15-16(7)8)1-2-9(17)18/h3-5H,1-2H2,(H,17,18). The maximum atomic E-state index is 12.7. The highest BCUT2D eigenvalue weighted by molar-refractivity contribution is 5.67. The number of aromatic nitrogens is 3. The van der Waals surface area contributed by atoms with E-state index in [9.17, 15) is 18.0 Å². The Kier molecular flexibility index (Phi) is 2.93. The number of carboxylic acid groups (broad SMARTS) is 1. The molecule has 0 bridgehead atoms. The zero-order valence-electron chi connectivity index (χ0n) is 8.98. The summed E-state index contributed by atoms with van der Waals surface area (Å²) >= 11 is 0. The number of fused-ring (bicyclic) bond motifs is 1. The molecule has 2 heterocycles. The van der Waals surface area contributed by atoms with Crippen LogP contribution in [-0.4, -0.2) is 25.7 Å². The zero-order chi connectivity index (χ0) is 13.3. The van der Waals surface area contributed by atoms with Crippen LogP contribution in [0, 0.1) is 0 Å². The van der Waals surface area contributed by atoms with E-state index in [0.29, 0.717) is 4.52 Å². The van der Waals surface area contributed by atoms with E-state index < -0.39 is 17.8 Å². The van der Waals surface area contributed by atoms with Crippen molar-refractivity contribution in [3.8, 4) is 0 Å². The predicted octanol–water partition coefficient (Wildman–Crippen LogP) is 1.77. The third-order valence-electron chi connectivity index (χ3n) is 2.29. The molecule has 2 aromatic heterocycles. The Balaban J connectivity index is 2.42. The van der Waals surface area contributed by atoms with Crippen LogP contribution in [0.3, 0.4) is 0 Å². The van der Waals surface area contributed by atoms with Crippen LogP contribution in [0.25, 0.3) is 5.65 Å². The molecule has 18 heavy (non-hydrogen) atoms. The second kappa shape index (κ2) is 4.28. The molecule has 0 amide bonds. The van der Waals surface area contributed by atoms with Crippen molar-refractivity contribution in [1.82, 2.24) is 14.6 Å². The third-order valence-corrected chi connectivity index (χ3v) is 2.29. The second-order valence-corrected chi connectivity index (χ2v) is 3.63. The molecule has 0 saturated carbocycles. The van der Waals surface area contributed by atoms with Crippen molar-refractivity contribution in [2.24, 2.45) is 0 Å². The Morgan fingerprint density at radius 2 is 2.17 bits per heavy atom. The summed E-state index contributed by atoms with van der Waals surface area (Å²) in [6, 6.07) is 2.17. The van der Waals surface area contributed by atoms with Crippen LogP contribution in [0.5, 0.6) is 0 Å². The predicted molar refractivity (Wildman–Crippen MR) is 53.9 cm³/mol. The topological polar surface area (TPSA) is 67.5 Å². The fourth-order valence-electron chi connectivity index (χ4n) is 1.51. The van der Waals surface area contributed by atoms with E-state index in [1.807, 2.05) is 0 Å². The molecule has 2 rings (SSSR count). The Bertz CT molecular complexity index is 592. The van der Waals surface area contributed by atoms with Crippen molar-refractivity contribution in [2.75, 3.05) is 0 Å². The van der Waals surface area contributed by atoms with Gasteiger partial charge in [-0.2, -0.15) is 18.3 Å². The lowest BCUT2D eigenvalue weighted by Gasteiger charge is -2.07. The molecular weight excluding hydrogens is 251 g/mol. The molecule has 0 radical (unpaired) electrons. The molecule has 8 heteroatoms. The van der Waals surface area contributed by atoms with Crippen molar-refractivity contribution in [3.63, 3.8) is 0 Å². The molecule has 0 aliphatic heterocycles. The van der Waals surface area contributed by atoms with Crippen molar-refractivity contribution in [1.29, 1.82) is 0 Å². The van der Waals surface area contributed by atoms with Crippen molar-refractivity contribution >= 4 is 11.6 Å². The smallest absolute Gasteiger partial charge is 0.433 e. The van der Waals surface area contributed by atoms with Gasteiger partial charge in [-0.3, -0.25) is 4.79 Å². The first-order chi connectivity index (χ1) is 8.38. The minimum Gasteiger partial charge on any atom is -0.481 e. The summed E-state index contributed by atoms with van der Waals surface area (Å²) in [5.74, 6) is -1.03. The number of carboxylic acids is 1. The fraction of sp³-hybridized carbons (Fsp3) is 0.300. The molecule has 0 aliphatic carbocycles. The number of halogens is 3. The van der Waals surface area contributed by atoms with Crippen LogP contribution in [-0.2, 0) is 17.4 Å². The Labute approximate surface area is 98.9 Å². The molecular formula is C10H8F3N3O2. The molecule has 0 fully saturated rings. The number of hydrogen-bond acceptors (Lipinski definition) is 3. The molecule has 96 valence electrons. The van der Waals surface area contributed by atoms with Gasteiger partial charge in [-0.15, -0.1) is 0 Å². The monoisotopic (exact) mass is 259 g/mol. The van der Waals surface area contributed by atoms with Gasteiger partial charge in [-0.25, -0.2) is 9.50 Å². The van der Waals surface area contributed by atoms with Crippen LogP contribution in [0.2, 0.25) is 0 Å². The summed E-state index contributed by atoms with van der Waals surface area (Å²) in [4.78, 5) is 14.1. The van der Waals surface area contributed by atoms with Gasteiger partial charge < -0.3 is 5.11 Å². The van der Waals surface area contributed by atoms with Gasteiger partial charge in [0.05, 0.1) is 12.1 Å². The SMILES string of the molecule is O=C(O)CCc1cc2nccc(C(F)(F)F)n2n1. The number of rotatable bonds is 3. The van der Waals surface area contributed by atoms with E-state index in [2.05, 4.69) is 10.1 Å². The van der Waals surface area contributed by atoms with Gasteiger partial charge >= 0.3 is 12.1 Å². The summed E-state index contributed by atoms with van der Waals surface area (Å²) in [6.45, 7) is 0. The number of aryl methyl sites for hydroxylation is 1. The number of alkyl halides is 3. The van der Waals surface area contributed by atoms with Crippen LogP contribution < -0.4 is 0 Å². The third kappa shape index (κ3) is 2.41. The first-order valence-corrected chi connectivity index (χ1v) is 5.00. The molecule has 2 aromatic rings. The second-order valence-electron chi connectivity index (χ2n) is 3.63. The lowest BCUT2D eigenvalue weighted by atomic mass is 10.2. The molecule has 1 N–H and O–H groups in total. The largest absolute Gasteiger partial charge is 0.481 e. The minimum atomic E-state index is -4.53. The Morgan fingerprint density at radius 3 is 2.78 bits per heavy atom. The molecule has 0 saturated heterocycles. The van der Waals surface area contributed by atoms with Gasteiger partial charge in [0, 0.05) is 18.7 Å². The fourth-order valence-corrected chi connectivity index (χ4v) is 1.51. The molecule has 0 aromatic carbocycles. The number of aliphatic carboxylic acids is 1. The van der Waals surface area contributed by atoms with Crippen LogP contribution in [0.1, 0.15) is 17.8 Å². The normalized spacial score (nSPS) is 11.9. The molecule has 0 spiro atoms. The first kappa shape index (κ1) is 12.3. The summed E-state index contributed by atoms with van der Waals surface area (Å²) in [7, 11) is 0. The molecule has 0 unspecified atom stereocenters. The Hall–Kier alpha value is -2.12. The van der Waals surface area contributed by atoms with Crippen molar-refractivity contribution < 1.29 is 23.1 Å². The van der Waals surface area contributed by atoms with E-state index in [1.54, 1.807) is 0 Å². The maximum absolute atomic E-state index is 12.7. The molecule has 0 aliphatic rings. The van der Waals surface area contributed by atoms with Gasteiger partial charge in [-0.05, 0) is 6.07 Å². The quantitative estimate of drug-likeness (QED) is 0.912. The minimum absolute atomic E-state index is 0.0465. The van der Waals surface area contributed by atoms with Crippen molar-refractivity contribution in [3.05, 3.63) is 29.7 Å². The number of nitrogens with zero attached hydrogens (tertiary/aromatic N) is 3. The Morgan fingerprint density at radius 1 is 1.44 bits per heavy atom. The van der Waals surface area contributed by atoms with E-state index >= 15 is 0 Å². The highest BCUT2D eigenvalue weighted by atomic mass is 19.4. The molecule has 5 nitrogen and oxygen atoms in total. The van der Waals surface area contributed by atoms with Crippen LogP contribution in [0.15, 0.2) is 18.3 Å². The van der Waals surface area contributed by atoms with E-state index in [1.165, 1.54) is 6.07 Å². The highest BCUT2D eigenvalue weighted by Gasteiger charge is 2.34. The van der Waals surface area contributed by atoms with Gasteiger partial charge in [0.25, 0.3) is 0 Å². The number of carbonyl (C=O) groups is 1. The first-order valence-electron chi connectivity index (χ1n) is 5.00. The van der Waals surface area contributed by atoms with Gasteiger partial charge in [0.15, 0.2) is 5.65 Å². The lowest BCUT2D eigenvalue weighted by molar-refractivity contribution is -0.142. The van der Waals surface area contributed by atoms with E-state index in [-0.39, 0.29) is 24.2 Å². The maximum Gasteiger partial charge on any atom is 0.433 e.